The average Bonchev–Trinajstić information content (AvgIpc) is 2.31. The fourth-order valence-corrected chi connectivity index (χ4v) is 2.38. The normalized spacial score (nSPS) is 12.8. The highest BCUT2D eigenvalue weighted by Gasteiger charge is 2.20. The van der Waals surface area contributed by atoms with Gasteiger partial charge in [0.2, 0.25) is 0 Å². The molecule has 0 rings (SSSR count). The molecule has 1 amide bonds. The van der Waals surface area contributed by atoms with Crippen LogP contribution in [0.25, 0.3) is 0 Å². The highest BCUT2D eigenvalue weighted by atomic mass is 28.3. The molecular formula is C14H29NO4Si. The Labute approximate surface area is 123 Å². The van der Waals surface area contributed by atoms with Gasteiger partial charge in [0.05, 0.1) is 6.61 Å². The van der Waals surface area contributed by atoms with Crippen LogP contribution in [0.1, 0.15) is 39.0 Å². The van der Waals surface area contributed by atoms with Gasteiger partial charge in [-0.15, -0.1) is 0 Å². The van der Waals surface area contributed by atoms with E-state index in [4.69, 9.17) is 9.84 Å². The van der Waals surface area contributed by atoms with Gasteiger partial charge in [-0.2, -0.15) is 0 Å². The molecule has 0 bridgehead atoms. The van der Waals surface area contributed by atoms with Gasteiger partial charge < -0.3 is 15.2 Å². The van der Waals surface area contributed by atoms with E-state index >= 15 is 0 Å². The van der Waals surface area contributed by atoms with Gasteiger partial charge in [-0.1, -0.05) is 52.2 Å². The summed E-state index contributed by atoms with van der Waals surface area (Å²) in [5, 5.41) is 11.5. The molecule has 0 aromatic heterocycles. The number of unbranched alkanes of at least 4 members (excludes halogenated alkanes) is 3. The number of hydrogen-bond donors (Lipinski definition) is 2. The van der Waals surface area contributed by atoms with Crippen molar-refractivity contribution in [3.63, 3.8) is 0 Å². The fraction of sp³-hybridized carbons (Fsp3) is 0.857. The molecule has 1 atom stereocenters. The van der Waals surface area contributed by atoms with Crippen molar-refractivity contribution >= 4 is 20.1 Å². The van der Waals surface area contributed by atoms with Gasteiger partial charge in [-0.3, -0.25) is 0 Å². The molecule has 0 aromatic rings. The average molecular weight is 303 g/mol. The minimum atomic E-state index is -1.24. The van der Waals surface area contributed by atoms with Gasteiger partial charge in [0, 0.05) is 8.07 Å². The zero-order valence-corrected chi connectivity index (χ0v) is 14.2. The second-order valence-electron chi connectivity index (χ2n) is 6.33. The summed E-state index contributed by atoms with van der Waals surface area (Å²) < 4.78 is 5.05. The van der Waals surface area contributed by atoms with E-state index in [0.29, 0.717) is 13.0 Å². The van der Waals surface area contributed by atoms with Gasteiger partial charge in [0.15, 0.2) is 0 Å². The Kier molecular flexibility index (Phi) is 9.29. The van der Waals surface area contributed by atoms with E-state index in [9.17, 15) is 9.59 Å². The lowest BCUT2D eigenvalue weighted by atomic mass is 10.1. The maximum absolute atomic E-state index is 11.6. The molecule has 0 fully saturated rings. The molecule has 2 N–H and O–H groups in total. The van der Waals surface area contributed by atoms with Crippen LogP contribution in [0.15, 0.2) is 0 Å². The van der Waals surface area contributed by atoms with E-state index in [1.54, 1.807) is 0 Å². The Morgan fingerprint density at radius 3 is 2.35 bits per heavy atom. The summed E-state index contributed by atoms with van der Waals surface area (Å²) in [4.78, 5) is 22.6. The van der Waals surface area contributed by atoms with Crippen molar-refractivity contribution in [3.05, 3.63) is 0 Å². The van der Waals surface area contributed by atoms with Crippen molar-refractivity contribution in [1.82, 2.24) is 5.32 Å². The third kappa shape index (κ3) is 10.8. The Bertz CT molecular complexity index is 302. The third-order valence-corrected chi connectivity index (χ3v) is 4.73. The summed E-state index contributed by atoms with van der Waals surface area (Å²) in [6, 6.07) is 0.0421. The number of rotatable bonds is 10. The molecular weight excluding hydrogens is 274 g/mol. The first-order chi connectivity index (χ1) is 9.26. The molecule has 0 saturated heterocycles. The topological polar surface area (TPSA) is 75.6 Å². The maximum Gasteiger partial charge on any atom is 0.407 e. The number of nitrogens with one attached hydrogen (secondary N) is 1. The second-order valence-corrected chi connectivity index (χ2v) is 12.0. The highest BCUT2D eigenvalue weighted by molar-refractivity contribution is 6.76. The van der Waals surface area contributed by atoms with Crippen molar-refractivity contribution in [3.8, 4) is 0 Å². The Morgan fingerprint density at radius 1 is 1.20 bits per heavy atom. The Balaban J connectivity index is 3.99. The van der Waals surface area contributed by atoms with Crippen LogP contribution in [0.4, 0.5) is 4.79 Å². The van der Waals surface area contributed by atoms with E-state index in [1.807, 2.05) is 0 Å². The minimum Gasteiger partial charge on any atom is -0.480 e. The van der Waals surface area contributed by atoms with E-state index in [0.717, 1.165) is 31.7 Å². The van der Waals surface area contributed by atoms with Crippen LogP contribution in [0.5, 0.6) is 0 Å². The van der Waals surface area contributed by atoms with Gasteiger partial charge in [0.25, 0.3) is 0 Å². The summed E-state index contributed by atoms with van der Waals surface area (Å²) in [7, 11) is -1.24. The van der Waals surface area contributed by atoms with Crippen LogP contribution in [0, 0.1) is 0 Å². The van der Waals surface area contributed by atoms with Crippen molar-refractivity contribution in [2.75, 3.05) is 6.61 Å². The van der Waals surface area contributed by atoms with Crippen LogP contribution in [-0.4, -0.2) is 37.9 Å². The van der Waals surface area contributed by atoms with E-state index in [-0.39, 0.29) is 0 Å². The monoisotopic (exact) mass is 303 g/mol. The Morgan fingerprint density at radius 2 is 1.85 bits per heavy atom. The predicted octanol–water partition coefficient (Wildman–Crippen LogP) is 3.47. The summed E-state index contributed by atoms with van der Waals surface area (Å²) in [6.45, 7) is 9.05. The summed E-state index contributed by atoms with van der Waals surface area (Å²) in [5.41, 5.74) is 0. The Hall–Kier alpha value is -1.04. The van der Waals surface area contributed by atoms with Gasteiger partial charge in [-0.25, -0.2) is 9.59 Å². The summed E-state index contributed by atoms with van der Waals surface area (Å²) >= 11 is 0. The minimum absolute atomic E-state index is 0.365. The van der Waals surface area contributed by atoms with Crippen molar-refractivity contribution in [2.45, 2.75) is 70.8 Å². The molecule has 0 aliphatic carbocycles. The van der Waals surface area contributed by atoms with E-state index in [1.165, 1.54) is 0 Å². The number of carbonyl (C=O) groups is 2. The molecule has 0 heterocycles. The summed E-state index contributed by atoms with van der Waals surface area (Å²) in [6.07, 6.45) is 3.83. The number of aliphatic carboxylic acids is 1. The van der Waals surface area contributed by atoms with Crippen molar-refractivity contribution in [2.24, 2.45) is 0 Å². The molecule has 20 heavy (non-hydrogen) atoms. The fourth-order valence-electron chi connectivity index (χ4n) is 1.67. The van der Waals surface area contributed by atoms with Crippen LogP contribution >= 0.6 is 0 Å². The number of carboxylic acids is 1. The molecule has 0 unspecified atom stereocenters. The zero-order chi connectivity index (χ0) is 15.6. The number of hydrogen-bond acceptors (Lipinski definition) is 3. The lowest BCUT2D eigenvalue weighted by Crippen LogP contribution is -2.41. The van der Waals surface area contributed by atoms with Crippen LogP contribution < -0.4 is 5.32 Å². The van der Waals surface area contributed by atoms with Crippen molar-refractivity contribution < 1.29 is 19.4 Å². The number of carboxylic acid groups (broad SMARTS) is 1. The summed E-state index contributed by atoms with van der Waals surface area (Å²) in [5.74, 6) is -0.997. The standard InChI is InChI=1S/C14H29NO4Si/c1-5-6-7-8-9-12(13(16)17)15-14(18)19-10-11-20(2,3)4/h12H,5-11H2,1-4H3,(H,15,18)(H,16,17)/t12-/m0/s1. The molecule has 0 radical (unpaired) electrons. The first-order valence-corrected chi connectivity index (χ1v) is 11.1. The predicted molar refractivity (Wildman–Crippen MR) is 82.8 cm³/mol. The molecule has 0 aromatic carbocycles. The number of ether oxygens (including phenoxy) is 1. The van der Waals surface area contributed by atoms with Crippen molar-refractivity contribution in [1.29, 1.82) is 0 Å². The molecule has 0 aliphatic rings. The third-order valence-electron chi connectivity index (χ3n) is 3.02. The SMILES string of the molecule is CCCCCC[C@H](NC(=O)OCC[Si](C)(C)C)C(=O)O. The lowest BCUT2D eigenvalue weighted by molar-refractivity contribution is -0.139. The molecule has 0 saturated carbocycles. The number of alkyl carbamates (subject to hydrolysis) is 1. The molecule has 118 valence electrons. The molecule has 5 nitrogen and oxygen atoms in total. The molecule has 0 aliphatic heterocycles. The maximum atomic E-state index is 11.6. The van der Waals surface area contributed by atoms with Gasteiger partial charge in [-0.05, 0) is 12.5 Å². The van der Waals surface area contributed by atoms with Crippen LogP contribution in [-0.2, 0) is 9.53 Å². The second kappa shape index (κ2) is 9.80. The van der Waals surface area contributed by atoms with Gasteiger partial charge >= 0.3 is 12.1 Å². The van der Waals surface area contributed by atoms with E-state index < -0.39 is 26.2 Å². The zero-order valence-electron chi connectivity index (χ0n) is 13.2. The van der Waals surface area contributed by atoms with Crippen LogP contribution in [0.2, 0.25) is 25.7 Å². The van der Waals surface area contributed by atoms with Gasteiger partial charge in [0.1, 0.15) is 6.04 Å². The smallest absolute Gasteiger partial charge is 0.407 e. The van der Waals surface area contributed by atoms with Crippen LogP contribution in [0.3, 0.4) is 0 Å². The number of amides is 1. The lowest BCUT2D eigenvalue weighted by Gasteiger charge is -2.17. The first kappa shape index (κ1) is 19.0. The largest absolute Gasteiger partial charge is 0.480 e. The highest BCUT2D eigenvalue weighted by Crippen LogP contribution is 2.08. The first-order valence-electron chi connectivity index (χ1n) is 7.42. The molecule has 6 heteroatoms. The molecule has 0 spiro atoms. The quantitative estimate of drug-likeness (QED) is 0.478. The van der Waals surface area contributed by atoms with E-state index in [2.05, 4.69) is 31.9 Å². The number of carbonyl (C=O) groups excluding carboxylic acids is 1.